The third-order valence-corrected chi connectivity index (χ3v) is 3.67. The summed E-state index contributed by atoms with van der Waals surface area (Å²) in [6.45, 7) is 2.31. The summed E-state index contributed by atoms with van der Waals surface area (Å²) < 4.78 is 4.58. The first-order valence-electron chi connectivity index (χ1n) is 7.68. The van der Waals surface area contributed by atoms with Crippen molar-refractivity contribution in [2.45, 2.75) is 44.6 Å². The van der Waals surface area contributed by atoms with Crippen LogP contribution in [0.2, 0.25) is 0 Å². The van der Waals surface area contributed by atoms with Crippen LogP contribution in [0.1, 0.15) is 44.6 Å². The van der Waals surface area contributed by atoms with Gasteiger partial charge in [0, 0.05) is 13.0 Å². The molecule has 1 unspecified atom stereocenters. The highest BCUT2D eigenvalue weighted by atomic mass is 35.5. The van der Waals surface area contributed by atoms with Crippen LogP contribution in [0.25, 0.3) is 0 Å². The number of hydrogen-bond donors (Lipinski definition) is 2. The molecule has 0 aliphatic carbocycles. The van der Waals surface area contributed by atoms with Gasteiger partial charge in [0.15, 0.2) is 0 Å². The minimum Gasteiger partial charge on any atom is -0.469 e. The summed E-state index contributed by atoms with van der Waals surface area (Å²) >= 11 is 0. The first kappa shape index (κ1) is 21.4. The number of ether oxygens (including phenoxy) is 1. The molecule has 1 aromatic carbocycles. The van der Waals surface area contributed by atoms with Gasteiger partial charge in [-0.05, 0) is 25.3 Å². The Balaban J connectivity index is 0.00000484. The molecule has 0 spiro atoms. The minimum absolute atomic E-state index is 0. The Kier molecular flexibility index (Phi) is 10.3. The molecule has 0 aliphatic rings. The van der Waals surface area contributed by atoms with Crippen LogP contribution in [0.15, 0.2) is 30.3 Å². The topological polar surface area (TPSA) is 81.4 Å². The first-order valence-corrected chi connectivity index (χ1v) is 7.68. The van der Waals surface area contributed by atoms with Crippen LogP contribution in [-0.2, 0) is 19.9 Å². The Morgan fingerprint density at radius 3 is 2.35 bits per heavy atom. The zero-order valence-corrected chi connectivity index (χ0v) is 14.7. The summed E-state index contributed by atoms with van der Waals surface area (Å²) in [6.07, 6.45) is 4.06. The molecule has 6 heteroatoms. The van der Waals surface area contributed by atoms with Crippen LogP contribution in [0, 0.1) is 0 Å². The highest BCUT2D eigenvalue weighted by Crippen LogP contribution is 2.17. The number of carbonyl (C=O) groups excluding carboxylic acids is 2. The van der Waals surface area contributed by atoms with Gasteiger partial charge >= 0.3 is 5.97 Å². The standard InChI is InChI=1S/C17H26N2O3.ClH/c1-17(18,14-10-6-5-7-11-14)16(21)19-13-9-4-3-8-12-15(20)22-2;/h5-7,10-11H,3-4,8-9,12-13,18H2,1-2H3,(H,19,21);1H. The van der Waals surface area contributed by atoms with E-state index in [1.807, 2.05) is 30.3 Å². The van der Waals surface area contributed by atoms with Crippen molar-refractivity contribution < 1.29 is 14.3 Å². The molecule has 5 nitrogen and oxygen atoms in total. The van der Waals surface area contributed by atoms with E-state index in [9.17, 15) is 9.59 Å². The number of halogens is 1. The van der Waals surface area contributed by atoms with Gasteiger partial charge in [0.05, 0.1) is 7.11 Å². The number of esters is 1. The summed E-state index contributed by atoms with van der Waals surface area (Å²) in [7, 11) is 1.40. The monoisotopic (exact) mass is 342 g/mol. The maximum absolute atomic E-state index is 12.2. The Labute approximate surface area is 144 Å². The molecule has 23 heavy (non-hydrogen) atoms. The molecule has 0 bridgehead atoms. The van der Waals surface area contributed by atoms with Crippen molar-refractivity contribution in [3.8, 4) is 0 Å². The van der Waals surface area contributed by atoms with Crippen molar-refractivity contribution in [2.75, 3.05) is 13.7 Å². The minimum atomic E-state index is -1.02. The molecule has 0 fully saturated rings. The van der Waals surface area contributed by atoms with Crippen LogP contribution in [0.5, 0.6) is 0 Å². The lowest BCUT2D eigenvalue weighted by molar-refractivity contribution is -0.140. The van der Waals surface area contributed by atoms with E-state index in [0.29, 0.717) is 13.0 Å². The molecule has 0 saturated carbocycles. The Morgan fingerprint density at radius 1 is 1.13 bits per heavy atom. The van der Waals surface area contributed by atoms with Crippen LogP contribution in [0.3, 0.4) is 0 Å². The quantitative estimate of drug-likeness (QED) is 0.533. The SMILES string of the molecule is COC(=O)CCCCCCNC(=O)C(C)(N)c1ccccc1.Cl. The Morgan fingerprint density at radius 2 is 1.74 bits per heavy atom. The second-order valence-electron chi connectivity index (χ2n) is 5.56. The van der Waals surface area contributed by atoms with Crippen molar-refractivity contribution in [3.63, 3.8) is 0 Å². The highest BCUT2D eigenvalue weighted by molar-refractivity contribution is 5.86. The molecule has 3 N–H and O–H groups in total. The first-order chi connectivity index (χ1) is 10.5. The van der Waals surface area contributed by atoms with Crippen molar-refractivity contribution in [1.29, 1.82) is 0 Å². The van der Waals surface area contributed by atoms with Gasteiger partial charge in [0.25, 0.3) is 0 Å². The van der Waals surface area contributed by atoms with Crippen molar-refractivity contribution in [2.24, 2.45) is 5.73 Å². The van der Waals surface area contributed by atoms with Crippen molar-refractivity contribution in [1.82, 2.24) is 5.32 Å². The fraction of sp³-hybridized carbons (Fsp3) is 0.529. The molecular formula is C17H27ClN2O3. The lowest BCUT2D eigenvalue weighted by Gasteiger charge is -2.24. The fourth-order valence-corrected chi connectivity index (χ4v) is 2.15. The van der Waals surface area contributed by atoms with Gasteiger partial charge in [-0.1, -0.05) is 43.2 Å². The molecule has 1 amide bonds. The number of nitrogens with two attached hydrogens (primary N) is 1. The number of nitrogens with one attached hydrogen (secondary N) is 1. The number of benzene rings is 1. The van der Waals surface area contributed by atoms with E-state index in [0.717, 1.165) is 31.2 Å². The summed E-state index contributed by atoms with van der Waals surface area (Å²) in [4.78, 5) is 23.1. The van der Waals surface area contributed by atoms with E-state index in [1.165, 1.54) is 7.11 Å². The molecule has 0 heterocycles. The van der Waals surface area contributed by atoms with Crippen molar-refractivity contribution in [3.05, 3.63) is 35.9 Å². The van der Waals surface area contributed by atoms with Crippen LogP contribution >= 0.6 is 12.4 Å². The Bertz CT molecular complexity index is 478. The fourth-order valence-electron chi connectivity index (χ4n) is 2.15. The van der Waals surface area contributed by atoms with E-state index in [-0.39, 0.29) is 24.3 Å². The van der Waals surface area contributed by atoms with E-state index >= 15 is 0 Å². The third kappa shape index (κ3) is 7.48. The lowest BCUT2D eigenvalue weighted by Crippen LogP contribution is -2.49. The maximum Gasteiger partial charge on any atom is 0.305 e. The summed E-state index contributed by atoms with van der Waals surface area (Å²) in [6, 6.07) is 9.34. The van der Waals surface area contributed by atoms with Crippen LogP contribution in [0.4, 0.5) is 0 Å². The predicted molar refractivity (Wildman–Crippen MR) is 93.3 cm³/mol. The molecule has 0 saturated heterocycles. The predicted octanol–water partition coefficient (Wildman–Crippen LogP) is 2.52. The average molecular weight is 343 g/mol. The number of amides is 1. The second kappa shape index (κ2) is 11.0. The van der Waals surface area contributed by atoms with E-state index in [2.05, 4.69) is 10.1 Å². The number of unbranched alkanes of at least 4 members (excludes halogenated alkanes) is 3. The zero-order valence-electron chi connectivity index (χ0n) is 13.8. The number of carbonyl (C=O) groups is 2. The van der Waals surface area contributed by atoms with Gasteiger partial charge in [0.1, 0.15) is 5.54 Å². The van der Waals surface area contributed by atoms with E-state index in [4.69, 9.17) is 5.73 Å². The van der Waals surface area contributed by atoms with Gasteiger partial charge in [-0.3, -0.25) is 9.59 Å². The van der Waals surface area contributed by atoms with Gasteiger partial charge in [-0.25, -0.2) is 0 Å². The second-order valence-corrected chi connectivity index (χ2v) is 5.56. The smallest absolute Gasteiger partial charge is 0.305 e. The lowest BCUT2D eigenvalue weighted by atomic mass is 9.92. The largest absolute Gasteiger partial charge is 0.469 e. The van der Waals surface area contributed by atoms with Gasteiger partial charge in [0.2, 0.25) is 5.91 Å². The molecular weight excluding hydrogens is 316 g/mol. The number of methoxy groups -OCH3 is 1. The highest BCUT2D eigenvalue weighted by Gasteiger charge is 2.29. The zero-order chi connectivity index (χ0) is 16.4. The normalized spacial score (nSPS) is 12.7. The van der Waals surface area contributed by atoms with Crippen LogP contribution in [-0.4, -0.2) is 25.5 Å². The summed E-state index contributed by atoms with van der Waals surface area (Å²) in [5.41, 5.74) is 5.90. The molecule has 1 atom stereocenters. The van der Waals surface area contributed by atoms with Gasteiger partial charge < -0.3 is 15.8 Å². The average Bonchev–Trinajstić information content (AvgIpc) is 2.54. The molecule has 0 aliphatic heterocycles. The Hall–Kier alpha value is -1.59. The number of rotatable bonds is 9. The van der Waals surface area contributed by atoms with E-state index in [1.54, 1.807) is 6.92 Å². The van der Waals surface area contributed by atoms with Gasteiger partial charge in [-0.15, -0.1) is 12.4 Å². The number of hydrogen-bond acceptors (Lipinski definition) is 4. The third-order valence-electron chi connectivity index (χ3n) is 3.67. The molecule has 1 aromatic rings. The van der Waals surface area contributed by atoms with Crippen molar-refractivity contribution >= 4 is 24.3 Å². The molecule has 1 rings (SSSR count). The van der Waals surface area contributed by atoms with Gasteiger partial charge in [-0.2, -0.15) is 0 Å². The summed E-state index contributed by atoms with van der Waals surface area (Å²) in [5.74, 6) is -0.344. The van der Waals surface area contributed by atoms with Crippen LogP contribution < -0.4 is 11.1 Å². The maximum atomic E-state index is 12.2. The van der Waals surface area contributed by atoms with E-state index < -0.39 is 5.54 Å². The molecule has 0 radical (unpaired) electrons. The molecule has 0 aromatic heterocycles. The molecule has 130 valence electrons. The summed E-state index contributed by atoms with van der Waals surface area (Å²) in [5, 5.41) is 2.88.